The molecule has 2 aromatic heterocycles. The number of nitrogens with one attached hydrogen (secondary N) is 1. The van der Waals surface area contributed by atoms with Crippen molar-refractivity contribution in [2.24, 2.45) is 0 Å². The fraction of sp³-hybridized carbons (Fsp3) is 0.312. The molecular formula is C16H16ClN5O3. The molecule has 0 aliphatic carbocycles. The molecule has 4 rings (SSSR count). The number of benzene rings is 1. The van der Waals surface area contributed by atoms with Crippen molar-refractivity contribution < 1.29 is 14.9 Å². The molecule has 1 saturated heterocycles. The minimum absolute atomic E-state index is 0.0346. The Kier molecular flexibility index (Phi) is 4.06. The maximum Gasteiger partial charge on any atom is 0.226 e. The zero-order valence-corrected chi connectivity index (χ0v) is 13.9. The summed E-state index contributed by atoms with van der Waals surface area (Å²) in [7, 11) is 0. The van der Waals surface area contributed by atoms with E-state index < -0.39 is 0 Å². The summed E-state index contributed by atoms with van der Waals surface area (Å²) in [4.78, 5) is 12.8. The summed E-state index contributed by atoms with van der Waals surface area (Å²) in [5.74, 6) is 0.219. The van der Waals surface area contributed by atoms with Crippen molar-refractivity contribution in [2.45, 2.75) is 25.5 Å². The minimum atomic E-state index is -0.125. The highest BCUT2D eigenvalue weighted by Crippen LogP contribution is 2.33. The fourth-order valence-corrected chi connectivity index (χ4v) is 3.05. The number of rotatable bonds is 3. The van der Waals surface area contributed by atoms with Crippen LogP contribution in [0.1, 0.15) is 25.5 Å². The van der Waals surface area contributed by atoms with Gasteiger partial charge >= 0.3 is 0 Å². The molecule has 1 aliphatic heterocycles. The second-order valence-corrected chi connectivity index (χ2v) is 6.15. The van der Waals surface area contributed by atoms with Crippen LogP contribution in [0.5, 0.6) is 11.5 Å². The van der Waals surface area contributed by atoms with Gasteiger partial charge in [0.2, 0.25) is 5.28 Å². The highest BCUT2D eigenvalue weighted by molar-refractivity contribution is 6.28. The number of halogens is 1. The lowest BCUT2D eigenvalue weighted by Gasteiger charge is -2.23. The molecule has 3 aromatic rings. The lowest BCUT2D eigenvalue weighted by atomic mass is 10.2. The molecule has 3 heterocycles. The number of hydrogen-bond acceptors (Lipinski definition) is 7. The summed E-state index contributed by atoms with van der Waals surface area (Å²) < 4.78 is 7.64. The Balaban J connectivity index is 1.75. The molecule has 0 saturated carbocycles. The Morgan fingerprint density at radius 2 is 2.12 bits per heavy atom. The van der Waals surface area contributed by atoms with Crippen molar-refractivity contribution in [1.29, 1.82) is 0 Å². The molecule has 1 aromatic carbocycles. The molecule has 0 radical (unpaired) electrons. The maximum absolute atomic E-state index is 9.96. The number of nitrogens with zero attached hydrogens (tertiary/aromatic N) is 4. The Labute approximate surface area is 148 Å². The third-order valence-corrected chi connectivity index (χ3v) is 4.26. The van der Waals surface area contributed by atoms with E-state index in [2.05, 4.69) is 20.3 Å². The molecule has 1 atom stereocenters. The lowest BCUT2D eigenvalue weighted by Crippen LogP contribution is -2.17. The topological polar surface area (TPSA) is 105 Å². The van der Waals surface area contributed by atoms with Gasteiger partial charge in [-0.2, -0.15) is 9.97 Å². The van der Waals surface area contributed by atoms with E-state index in [0.29, 0.717) is 29.3 Å². The average Bonchev–Trinajstić information content (AvgIpc) is 3.02. The van der Waals surface area contributed by atoms with Crippen molar-refractivity contribution >= 4 is 34.3 Å². The smallest absolute Gasteiger partial charge is 0.226 e. The number of aromatic nitrogens is 4. The van der Waals surface area contributed by atoms with E-state index in [1.165, 1.54) is 18.2 Å². The number of hydrogen-bond donors (Lipinski definition) is 3. The predicted molar refractivity (Wildman–Crippen MR) is 92.2 cm³/mol. The van der Waals surface area contributed by atoms with E-state index in [-0.39, 0.29) is 23.0 Å². The van der Waals surface area contributed by atoms with Gasteiger partial charge in [-0.3, -0.25) is 4.57 Å². The lowest BCUT2D eigenvalue weighted by molar-refractivity contribution is -0.0298. The van der Waals surface area contributed by atoms with E-state index >= 15 is 0 Å². The SMILES string of the molecule is Oc1ccc(Nc2nc(Cl)nc3c2ncn3C2CCCCO2)c(O)c1. The van der Waals surface area contributed by atoms with Crippen molar-refractivity contribution in [3.63, 3.8) is 0 Å². The van der Waals surface area contributed by atoms with Crippen LogP contribution in [-0.4, -0.2) is 36.3 Å². The first-order chi connectivity index (χ1) is 12.1. The molecule has 1 aliphatic rings. The molecule has 0 bridgehead atoms. The highest BCUT2D eigenvalue weighted by Gasteiger charge is 2.21. The second kappa shape index (κ2) is 6.38. The number of aromatic hydroxyl groups is 2. The van der Waals surface area contributed by atoms with Crippen molar-refractivity contribution in [3.8, 4) is 11.5 Å². The highest BCUT2D eigenvalue weighted by atomic mass is 35.5. The van der Waals surface area contributed by atoms with Crippen molar-refractivity contribution in [1.82, 2.24) is 19.5 Å². The first-order valence-electron chi connectivity index (χ1n) is 7.92. The molecule has 9 heteroatoms. The summed E-state index contributed by atoms with van der Waals surface area (Å²) in [5.41, 5.74) is 1.45. The Hall–Kier alpha value is -2.58. The Bertz CT molecular complexity index is 924. The molecule has 130 valence electrons. The van der Waals surface area contributed by atoms with Gasteiger partial charge in [0.05, 0.1) is 12.0 Å². The Morgan fingerprint density at radius 1 is 1.24 bits per heavy atom. The molecule has 0 amide bonds. The standard InChI is InChI=1S/C16H16ClN5O3/c17-16-20-14(19-10-5-4-9(23)7-11(10)24)13-15(21-16)22(8-18-13)12-3-1-2-6-25-12/h4-5,7-8,12,23-24H,1-3,6H2,(H,19,20,21). The minimum Gasteiger partial charge on any atom is -0.508 e. The summed E-state index contributed by atoms with van der Waals surface area (Å²) in [6, 6.07) is 4.22. The van der Waals surface area contributed by atoms with Crippen LogP contribution in [0.15, 0.2) is 24.5 Å². The van der Waals surface area contributed by atoms with E-state index in [0.717, 1.165) is 19.3 Å². The zero-order valence-electron chi connectivity index (χ0n) is 13.2. The van der Waals surface area contributed by atoms with Gasteiger partial charge in [-0.1, -0.05) is 0 Å². The van der Waals surface area contributed by atoms with Crippen LogP contribution >= 0.6 is 11.6 Å². The van der Waals surface area contributed by atoms with Crippen LogP contribution in [0, 0.1) is 0 Å². The molecule has 25 heavy (non-hydrogen) atoms. The van der Waals surface area contributed by atoms with Gasteiger partial charge in [-0.25, -0.2) is 4.98 Å². The number of fused-ring (bicyclic) bond motifs is 1. The van der Waals surface area contributed by atoms with Gasteiger partial charge in [-0.05, 0) is 43.0 Å². The number of imidazole rings is 1. The summed E-state index contributed by atoms with van der Waals surface area (Å²) in [5, 5.41) is 22.4. The summed E-state index contributed by atoms with van der Waals surface area (Å²) in [6.45, 7) is 0.704. The van der Waals surface area contributed by atoms with Gasteiger partial charge in [0.15, 0.2) is 17.0 Å². The predicted octanol–water partition coefficient (Wildman–Crippen LogP) is 3.33. The van der Waals surface area contributed by atoms with Crippen LogP contribution in [0.4, 0.5) is 11.5 Å². The first-order valence-corrected chi connectivity index (χ1v) is 8.30. The summed E-state index contributed by atoms with van der Waals surface area (Å²) >= 11 is 6.08. The molecular weight excluding hydrogens is 346 g/mol. The normalized spacial score (nSPS) is 17.7. The van der Waals surface area contributed by atoms with Gasteiger partial charge in [-0.15, -0.1) is 0 Å². The average molecular weight is 362 g/mol. The quantitative estimate of drug-likeness (QED) is 0.373. The zero-order chi connectivity index (χ0) is 17.4. The first kappa shape index (κ1) is 15.9. The Morgan fingerprint density at radius 3 is 2.88 bits per heavy atom. The maximum atomic E-state index is 9.96. The second-order valence-electron chi connectivity index (χ2n) is 5.81. The monoisotopic (exact) mass is 361 g/mol. The van der Waals surface area contributed by atoms with Crippen LogP contribution < -0.4 is 5.32 Å². The van der Waals surface area contributed by atoms with E-state index in [4.69, 9.17) is 16.3 Å². The van der Waals surface area contributed by atoms with Gasteiger partial charge < -0.3 is 20.3 Å². The number of anilines is 2. The van der Waals surface area contributed by atoms with E-state index in [1.807, 2.05) is 4.57 Å². The fourth-order valence-electron chi connectivity index (χ4n) is 2.88. The van der Waals surface area contributed by atoms with Crippen LogP contribution in [-0.2, 0) is 4.74 Å². The number of phenolic OH excluding ortho intramolecular Hbond substituents is 2. The molecule has 1 fully saturated rings. The largest absolute Gasteiger partial charge is 0.508 e. The summed E-state index contributed by atoms with van der Waals surface area (Å²) in [6.07, 6.45) is 4.54. The molecule has 0 spiro atoms. The number of ether oxygens (including phenoxy) is 1. The van der Waals surface area contributed by atoms with E-state index in [1.54, 1.807) is 6.33 Å². The van der Waals surface area contributed by atoms with Gasteiger partial charge in [0, 0.05) is 12.7 Å². The van der Waals surface area contributed by atoms with E-state index in [9.17, 15) is 10.2 Å². The van der Waals surface area contributed by atoms with Crippen LogP contribution in [0.3, 0.4) is 0 Å². The van der Waals surface area contributed by atoms with Gasteiger partial charge in [0.25, 0.3) is 0 Å². The number of phenols is 2. The third-order valence-electron chi connectivity index (χ3n) is 4.09. The van der Waals surface area contributed by atoms with Crippen LogP contribution in [0.2, 0.25) is 5.28 Å². The molecule has 3 N–H and O–H groups in total. The van der Waals surface area contributed by atoms with Crippen molar-refractivity contribution in [2.75, 3.05) is 11.9 Å². The van der Waals surface area contributed by atoms with Crippen LogP contribution in [0.25, 0.3) is 11.2 Å². The van der Waals surface area contributed by atoms with Crippen molar-refractivity contribution in [3.05, 3.63) is 29.8 Å². The third kappa shape index (κ3) is 3.06. The molecule has 1 unspecified atom stereocenters. The van der Waals surface area contributed by atoms with Gasteiger partial charge in [0.1, 0.15) is 17.7 Å². The molecule has 8 nitrogen and oxygen atoms in total.